The average Bonchev–Trinajstić information content (AvgIpc) is 3.05. The van der Waals surface area contributed by atoms with Crippen LogP contribution < -0.4 is 0 Å². The molecule has 0 aliphatic heterocycles. The van der Waals surface area contributed by atoms with Gasteiger partial charge in [0.25, 0.3) is 0 Å². The number of ether oxygens (including phenoxy) is 2. The van der Waals surface area contributed by atoms with Gasteiger partial charge < -0.3 is 14.6 Å². The topological polar surface area (TPSA) is 38.7 Å². The number of rotatable bonds is 39. The van der Waals surface area contributed by atoms with Crippen LogP contribution in [0.25, 0.3) is 0 Å². The minimum Gasteiger partial charge on any atom is -0.396 e. The predicted molar refractivity (Wildman–Crippen MR) is 200 cm³/mol. The van der Waals surface area contributed by atoms with E-state index in [4.69, 9.17) is 9.47 Å². The molecule has 1 atom stereocenters. The molecule has 0 aromatic carbocycles. The zero-order chi connectivity index (χ0) is 32.6. The van der Waals surface area contributed by atoms with Crippen molar-refractivity contribution in [2.24, 2.45) is 0 Å². The molecule has 0 aliphatic carbocycles. The molecule has 0 rings (SSSR count). The maximum Gasteiger partial charge on any atom is 0.0808 e. The molecule has 3 nitrogen and oxygen atoms in total. The lowest BCUT2D eigenvalue weighted by molar-refractivity contribution is -0.0238. The van der Waals surface area contributed by atoms with Crippen LogP contribution in [0.15, 0.2) is 24.3 Å². The third-order valence-corrected chi connectivity index (χ3v) is 9.05. The van der Waals surface area contributed by atoms with Gasteiger partial charge in [0, 0.05) is 19.8 Å². The van der Waals surface area contributed by atoms with Gasteiger partial charge in [0.05, 0.1) is 12.7 Å². The first-order valence-electron chi connectivity index (χ1n) is 20.4. The molecule has 0 fully saturated rings. The van der Waals surface area contributed by atoms with E-state index in [9.17, 15) is 5.11 Å². The van der Waals surface area contributed by atoms with Crippen LogP contribution in [0.1, 0.15) is 213 Å². The quantitative estimate of drug-likeness (QED) is 0.0540. The van der Waals surface area contributed by atoms with Crippen molar-refractivity contribution >= 4 is 0 Å². The van der Waals surface area contributed by atoms with Crippen molar-refractivity contribution < 1.29 is 14.6 Å². The molecule has 0 aliphatic rings. The second kappa shape index (κ2) is 41.4. The minimum atomic E-state index is 0.189. The monoisotopic (exact) mass is 635 g/mol. The molecule has 0 aromatic rings. The van der Waals surface area contributed by atoms with E-state index in [2.05, 4.69) is 38.2 Å². The van der Waals surface area contributed by atoms with Crippen molar-refractivity contribution in [3.8, 4) is 0 Å². The van der Waals surface area contributed by atoms with Gasteiger partial charge in [-0.3, -0.25) is 0 Å². The third kappa shape index (κ3) is 39.5. The summed E-state index contributed by atoms with van der Waals surface area (Å²) < 4.78 is 12.2. The Morgan fingerprint density at radius 1 is 0.422 bits per heavy atom. The largest absolute Gasteiger partial charge is 0.396 e. The zero-order valence-electron chi connectivity index (χ0n) is 30.9. The first kappa shape index (κ1) is 44.4. The van der Waals surface area contributed by atoms with Gasteiger partial charge >= 0.3 is 0 Å². The third-order valence-electron chi connectivity index (χ3n) is 9.05. The lowest BCUT2D eigenvalue weighted by Gasteiger charge is -2.18. The molecule has 1 N–H and O–H groups in total. The number of allylic oxidation sites excluding steroid dienone is 4. The van der Waals surface area contributed by atoms with Crippen molar-refractivity contribution in [1.82, 2.24) is 0 Å². The van der Waals surface area contributed by atoms with E-state index in [-0.39, 0.29) is 12.7 Å². The molecule has 0 saturated heterocycles. The van der Waals surface area contributed by atoms with Crippen LogP contribution in [0.3, 0.4) is 0 Å². The molecule has 0 heterocycles. The Kier molecular flexibility index (Phi) is 40.8. The second-order valence-electron chi connectivity index (χ2n) is 13.7. The highest BCUT2D eigenvalue weighted by Gasteiger charge is 2.09. The van der Waals surface area contributed by atoms with Gasteiger partial charge in [0.15, 0.2) is 0 Å². The molecular formula is C42H82O3. The molecule has 0 radical (unpaired) electrons. The molecule has 0 bridgehead atoms. The predicted octanol–water partition coefficient (Wildman–Crippen LogP) is 13.6. The van der Waals surface area contributed by atoms with E-state index >= 15 is 0 Å². The first-order valence-corrected chi connectivity index (χ1v) is 20.4. The van der Waals surface area contributed by atoms with Crippen LogP contribution in [0.5, 0.6) is 0 Å². The summed E-state index contributed by atoms with van der Waals surface area (Å²) in [6, 6.07) is 0. The van der Waals surface area contributed by atoms with Crippen LogP contribution in [-0.4, -0.2) is 37.6 Å². The molecule has 0 saturated carbocycles. The van der Waals surface area contributed by atoms with E-state index in [0.29, 0.717) is 6.61 Å². The van der Waals surface area contributed by atoms with E-state index in [0.717, 1.165) is 45.3 Å². The van der Waals surface area contributed by atoms with Crippen molar-refractivity contribution in [1.29, 1.82) is 0 Å². The Morgan fingerprint density at radius 2 is 0.800 bits per heavy atom. The Bertz CT molecular complexity index is 572. The zero-order valence-corrected chi connectivity index (χ0v) is 30.9. The number of hydrogen-bond donors (Lipinski definition) is 1. The van der Waals surface area contributed by atoms with Crippen molar-refractivity contribution in [3.63, 3.8) is 0 Å². The van der Waals surface area contributed by atoms with E-state index < -0.39 is 0 Å². The Hall–Kier alpha value is -0.640. The summed E-state index contributed by atoms with van der Waals surface area (Å²) in [4.78, 5) is 0. The molecule has 3 heteroatoms. The average molecular weight is 635 g/mol. The van der Waals surface area contributed by atoms with Gasteiger partial charge in [0.1, 0.15) is 0 Å². The molecule has 0 amide bonds. The smallest absolute Gasteiger partial charge is 0.0808 e. The Morgan fingerprint density at radius 3 is 1.22 bits per heavy atom. The highest BCUT2D eigenvalue weighted by molar-refractivity contribution is 4.82. The molecular weight excluding hydrogens is 552 g/mol. The highest BCUT2D eigenvalue weighted by atomic mass is 16.5. The number of unbranched alkanes of at least 4 members (excludes halogenated alkanes) is 25. The standard InChI is InChI=1S/C42H82O3/c1-3-5-7-9-11-13-15-17-19-21-23-25-27-29-31-35-39-44-41-42(37-33-34-38-43)45-40-36-32-30-28-26-24-22-20-18-16-14-12-10-8-6-4-2/h17-20,42-43H,3-16,21-41H2,1-2H3. The minimum absolute atomic E-state index is 0.189. The van der Waals surface area contributed by atoms with Crippen molar-refractivity contribution in [2.45, 2.75) is 219 Å². The van der Waals surface area contributed by atoms with Gasteiger partial charge in [-0.15, -0.1) is 0 Å². The van der Waals surface area contributed by atoms with Crippen LogP contribution in [0.2, 0.25) is 0 Å². The molecule has 268 valence electrons. The fraction of sp³-hybridized carbons (Fsp3) is 0.905. The number of aliphatic hydroxyl groups is 1. The fourth-order valence-corrected chi connectivity index (χ4v) is 5.96. The normalized spacial score (nSPS) is 12.7. The summed E-state index contributed by atoms with van der Waals surface area (Å²) in [7, 11) is 0. The van der Waals surface area contributed by atoms with E-state index in [1.807, 2.05) is 0 Å². The van der Waals surface area contributed by atoms with Crippen LogP contribution >= 0.6 is 0 Å². The van der Waals surface area contributed by atoms with E-state index in [1.165, 1.54) is 167 Å². The van der Waals surface area contributed by atoms with Gasteiger partial charge in [-0.2, -0.15) is 0 Å². The summed E-state index contributed by atoms with van der Waals surface area (Å²) in [6.45, 7) is 7.27. The number of hydrogen-bond acceptors (Lipinski definition) is 3. The van der Waals surface area contributed by atoms with E-state index in [1.54, 1.807) is 0 Å². The summed E-state index contributed by atoms with van der Waals surface area (Å²) in [5.41, 5.74) is 0. The lowest BCUT2D eigenvalue weighted by atomic mass is 10.1. The maximum absolute atomic E-state index is 9.17. The van der Waals surface area contributed by atoms with Crippen LogP contribution in [0, 0.1) is 0 Å². The number of aliphatic hydroxyl groups excluding tert-OH is 1. The summed E-state index contributed by atoms with van der Waals surface area (Å²) in [5, 5.41) is 9.17. The van der Waals surface area contributed by atoms with Crippen molar-refractivity contribution in [3.05, 3.63) is 24.3 Å². The Balaban J connectivity index is 3.59. The highest BCUT2D eigenvalue weighted by Crippen LogP contribution is 2.13. The first-order chi connectivity index (χ1) is 22.3. The maximum atomic E-state index is 9.17. The molecule has 0 spiro atoms. The molecule has 45 heavy (non-hydrogen) atoms. The lowest BCUT2D eigenvalue weighted by Crippen LogP contribution is -2.21. The van der Waals surface area contributed by atoms with Crippen LogP contribution in [-0.2, 0) is 9.47 Å². The fourth-order valence-electron chi connectivity index (χ4n) is 5.96. The van der Waals surface area contributed by atoms with Crippen LogP contribution in [0.4, 0.5) is 0 Å². The van der Waals surface area contributed by atoms with Gasteiger partial charge in [-0.05, 0) is 83.5 Å². The molecule has 1 unspecified atom stereocenters. The molecule has 0 aromatic heterocycles. The van der Waals surface area contributed by atoms with Gasteiger partial charge in [-0.1, -0.05) is 154 Å². The SMILES string of the molecule is CCCCCCCCC=CCCCCCCCCOCC(CCCCO)OCCCCCCCCC=CCCCCCCCC. The van der Waals surface area contributed by atoms with Crippen molar-refractivity contribution in [2.75, 3.05) is 26.4 Å². The summed E-state index contributed by atoms with van der Waals surface area (Å²) in [5.74, 6) is 0. The second-order valence-corrected chi connectivity index (χ2v) is 13.7. The van der Waals surface area contributed by atoms with Gasteiger partial charge in [-0.25, -0.2) is 0 Å². The van der Waals surface area contributed by atoms with Gasteiger partial charge in [0.2, 0.25) is 0 Å². The summed E-state index contributed by atoms with van der Waals surface area (Å²) in [6.07, 6.45) is 50.2. The summed E-state index contributed by atoms with van der Waals surface area (Å²) >= 11 is 0. The Labute approximate surface area is 283 Å².